The van der Waals surface area contributed by atoms with Crippen LogP contribution in [0.25, 0.3) is 0 Å². The molecule has 2 aliphatic rings. The van der Waals surface area contributed by atoms with Crippen LogP contribution in [0.1, 0.15) is 64.9 Å². The van der Waals surface area contributed by atoms with Gasteiger partial charge in [0.2, 0.25) is 0 Å². The lowest BCUT2D eigenvalue weighted by Crippen LogP contribution is -2.46. The summed E-state index contributed by atoms with van der Waals surface area (Å²) in [5.74, 6) is 1.21. The van der Waals surface area contributed by atoms with Gasteiger partial charge in [-0.15, -0.1) is 0 Å². The molecule has 3 nitrogen and oxygen atoms in total. The molecule has 0 spiro atoms. The Labute approximate surface area is 184 Å². The first-order valence-corrected chi connectivity index (χ1v) is 14.5. The van der Waals surface area contributed by atoms with E-state index in [4.69, 9.17) is 13.9 Å². The summed E-state index contributed by atoms with van der Waals surface area (Å²) in [7, 11) is -1.79. The number of benzene rings is 1. The van der Waals surface area contributed by atoms with Gasteiger partial charge < -0.3 is 13.9 Å². The van der Waals surface area contributed by atoms with Crippen molar-refractivity contribution in [1.82, 2.24) is 0 Å². The molecular formula is C26H40O3Si. The number of ether oxygens (including phenoxy) is 2. The first-order valence-electron chi connectivity index (χ1n) is 11.6. The van der Waals surface area contributed by atoms with Crippen molar-refractivity contribution in [2.24, 2.45) is 0 Å². The first-order chi connectivity index (χ1) is 14.3. The number of hydrogen-bond donors (Lipinski definition) is 0. The topological polar surface area (TPSA) is 27.7 Å². The molecule has 1 aliphatic heterocycles. The molecule has 0 bridgehead atoms. The van der Waals surface area contributed by atoms with Crippen LogP contribution in [0.4, 0.5) is 0 Å². The SMILES string of the molecule is CC(C)(C)[Si](C)(C)O[C@@H]1C[C@H](/C=C/CCCOCc2ccccc2)OC2=C1CCC2. The van der Waals surface area contributed by atoms with Crippen LogP contribution >= 0.6 is 0 Å². The van der Waals surface area contributed by atoms with Gasteiger partial charge in [0.05, 0.1) is 18.5 Å². The van der Waals surface area contributed by atoms with Crippen LogP contribution in [0, 0.1) is 0 Å². The number of unbranched alkanes of at least 4 members (excludes halogenated alkanes) is 1. The van der Waals surface area contributed by atoms with Gasteiger partial charge in [0.1, 0.15) is 6.10 Å². The van der Waals surface area contributed by atoms with Gasteiger partial charge in [0.15, 0.2) is 8.32 Å². The molecule has 1 aromatic carbocycles. The second-order valence-corrected chi connectivity index (χ2v) is 14.9. The molecule has 0 aromatic heterocycles. The van der Waals surface area contributed by atoms with Crippen molar-refractivity contribution in [2.75, 3.05) is 6.61 Å². The summed E-state index contributed by atoms with van der Waals surface area (Å²) in [4.78, 5) is 0. The van der Waals surface area contributed by atoms with Crippen LogP contribution < -0.4 is 0 Å². The van der Waals surface area contributed by atoms with E-state index in [1.165, 1.54) is 23.3 Å². The quantitative estimate of drug-likeness (QED) is 0.237. The van der Waals surface area contributed by atoms with Gasteiger partial charge in [-0.2, -0.15) is 0 Å². The van der Waals surface area contributed by atoms with Crippen LogP contribution in [-0.4, -0.2) is 27.1 Å². The molecule has 1 heterocycles. The number of hydrogen-bond acceptors (Lipinski definition) is 3. The van der Waals surface area contributed by atoms with Crippen molar-refractivity contribution in [3.63, 3.8) is 0 Å². The molecule has 166 valence electrons. The van der Waals surface area contributed by atoms with E-state index < -0.39 is 8.32 Å². The molecular weight excluding hydrogens is 388 g/mol. The van der Waals surface area contributed by atoms with E-state index in [9.17, 15) is 0 Å². The molecule has 30 heavy (non-hydrogen) atoms. The molecule has 0 amide bonds. The fourth-order valence-electron chi connectivity index (χ4n) is 3.88. The van der Waals surface area contributed by atoms with Gasteiger partial charge in [-0.25, -0.2) is 0 Å². The normalized spacial score (nSPS) is 22.4. The number of allylic oxidation sites excluding steroid dienone is 2. The monoisotopic (exact) mass is 428 g/mol. The van der Waals surface area contributed by atoms with Crippen molar-refractivity contribution in [2.45, 2.75) is 96.2 Å². The highest BCUT2D eigenvalue weighted by Gasteiger charge is 2.42. The van der Waals surface area contributed by atoms with E-state index in [2.05, 4.69) is 70.3 Å². The molecule has 2 atom stereocenters. The summed E-state index contributed by atoms with van der Waals surface area (Å²) in [6.07, 6.45) is 11.3. The van der Waals surface area contributed by atoms with Gasteiger partial charge in [-0.3, -0.25) is 0 Å². The summed E-state index contributed by atoms with van der Waals surface area (Å²) in [6, 6.07) is 10.4. The zero-order valence-electron chi connectivity index (χ0n) is 19.6. The van der Waals surface area contributed by atoms with E-state index in [1.54, 1.807) is 0 Å². The highest BCUT2D eigenvalue weighted by Crippen LogP contribution is 2.43. The molecule has 0 saturated carbocycles. The maximum Gasteiger partial charge on any atom is 0.192 e. The maximum absolute atomic E-state index is 6.84. The largest absolute Gasteiger partial charge is 0.491 e. The van der Waals surface area contributed by atoms with Crippen LogP contribution in [0.5, 0.6) is 0 Å². The standard InChI is InChI=1S/C26H40O3Si/c1-26(2,3)30(4,5)29-25-19-22(28-24-17-12-16-23(24)25)15-10-7-11-18-27-20-21-13-8-6-9-14-21/h6,8-10,13-15,22,25H,7,11-12,16-20H2,1-5H3/b15-10+/t22-,25+/m0/s1. The minimum absolute atomic E-state index is 0.141. The molecule has 1 aromatic rings. The van der Waals surface area contributed by atoms with Crippen molar-refractivity contribution >= 4 is 8.32 Å². The first kappa shape index (κ1) is 23.3. The van der Waals surface area contributed by atoms with E-state index in [0.29, 0.717) is 6.61 Å². The predicted molar refractivity (Wildman–Crippen MR) is 127 cm³/mol. The van der Waals surface area contributed by atoms with Gasteiger partial charge in [0, 0.05) is 19.4 Å². The van der Waals surface area contributed by atoms with E-state index in [0.717, 1.165) is 38.7 Å². The lowest BCUT2D eigenvalue weighted by atomic mass is 9.99. The Kier molecular flexibility index (Phi) is 8.00. The smallest absolute Gasteiger partial charge is 0.192 e. The zero-order valence-corrected chi connectivity index (χ0v) is 20.6. The Morgan fingerprint density at radius 3 is 2.63 bits per heavy atom. The van der Waals surface area contributed by atoms with Crippen molar-refractivity contribution in [3.05, 3.63) is 59.4 Å². The van der Waals surface area contributed by atoms with Gasteiger partial charge >= 0.3 is 0 Å². The Hall–Kier alpha value is -1.36. The summed E-state index contributed by atoms with van der Waals surface area (Å²) >= 11 is 0. The summed E-state index contributed by atoms with van der Waals surface area (Å²) in [6.45, 7) is 13.2. The van der Waals surface area contributed by atoms with Gasteiger partial charge in [0.25, 0.3) is 0 Å². The summed E-state index contributed by atoms with van der Waals surface area (Å²) in [5, 5.41) is 0.232. The summed E-state index contributed by atoms with van der Waals surface area (Å²) < 4.78 is 18.9. The Morgan fingerprint density at radius 2 is 1.90 bits per heavy atom. The van der Waals surface area contributed by atoms with Crippen LogP contribution in [0.15, 0.2) is 53.8 Å². The lowest BCUT2D eigenvalue weighted by Gasteiger charge is -2.42. The second-order valence-electron chi connectivity index (χ2n) is 10.2. The van der Waals surface area contributed by atoms with E-state index in [1.807, 2.05) is 6.07 Å². The molecule has 0 radical (unpaired) electrons. The molecule has 4 heteroatoms. The third kappa shape index (κ3) is 6.32. The third-order valence-corrected chi connectivity index (χ3v) is 11.2. The molecule has 0 unspecified atom stereocenters. The molecule has 3 rings (SSSR count). The lowest BCUT2D eigenvalue weighted by molar-refractivity contribution is 0.0668. The van der Waals surface area contributed by atoms with Gasteiger partial charge in [-0.1, -0.05) is 57.2 Å². The van der Waals surface area contributed by atoms with Gasteiger partial charge in [-0.05, 0) is 61.0 Å². The van der Waals surface area contributed by atoms with Crippen LogP contribution in [-0.2, 0) is 20.5 Å². The maximum atomic E-state index is 6.84. The van der Waals surface area contributed by atoms with Crippen LogP contribution in [0.2, 0.25) is 18.1 Å². The Bertz CT molecular complexity index is 730. The second kappa shape index (κ2) is 10.3. The van der Waals surface area contributed by atoms with Crippen molar-refractivity contribution in [1.29, 1.82) is 0 Å². The fraction of sp³-hybridized carbons (Fsp3) is 0.615. The Balaban J connectivity index is 1.46. The molecule has 0 fully saturated rings. The van der Waals surface area contributed by atoms with Crippen LogP contribution in [0.3, 0.4) is 0 Å². The minimum atomic E-state index is -1.79. The molecule has 0 saturated heterocycles. The predicted octanol–water partition coefficient (Wildman–Crippen LogP) is 7.16. The average molecular weight is 429 g/mol. The Morgan fingerprint density at radius 1 is 1.13 bits per heavy atom. The fourth-order valence-corrected chi connectivity index (χ4v) is 5.19. The van der Waals surface area contributed by atoms with Crippen molar-refractivity contribution in [3.8, 4) is 0 Å². The molecule has 0 N–H and O–H groups in total. The van der Waals surface area contributed by atoms with E-state index in [-0.39, 0.29) is 17.2 Å². The minimum Gasteiger partial charge on any atom is -0.491 e. The van der Waals surface area contributed by atoms with E-state index >= 15 is 0 Å². The third-order valence-electron chi connectivity index (χ3n) is 6.70. The molecule has 1 aliphatic carbocycles. The number of rotatable bonds is 9. The van der Waals surface area contributed by atoms with Crippen molar-refractivity contribution < 1.29 is 13.9 Å². The zero-order chi connectivity index (χ0) is 21.6. The highest BCUT2D eigenvalue weighted by atomic mass is 28.4. The summed E-state index contributed by atoms with van der Waals surface area (Å²) in [5.41, 5.74) is 2.68. The average Bonchev–Trinajstić information content (AvgIpc) is 3.16. The highest BCUT2D eigenvalue weighted by molar-refractivity contribution is 6.74.